The Labute approximate surface area is 43.8 Å². The maximum atomic E-state index is 8.24. The zero-order valence-electron chi connectivity index (χ0n) is 3.72. The van der Waals surface area contributed by atoms with E-state index in [1.165, 1.54) is 0 Å². The van der Waals surface area contributed by atoms with Crippen LogP contribution in [0, 0.1) is 0 Å². The third-order valence-electron chi connectivity index (χ3n) is 0.341. The Hall–Kier alpha value is 0.210. The molecule has 6 heavy (non-hydrogen) atoms. The molecule has 0 unspecified atom stereocenters. The molecule has 0 aliphatic carbocycles. The Kier molecular flexibility index (Phi) is 8.26. The SMILES string of the molecule is C[C@@H](O)CN.Cl. The number of aliphatic hydroxyl groups excluding tert-OH is 1. The fraction of sp³-hybridized carbons (Fsp3) is 1.00. The van der Waals surface area contributed by atoms with E-state index in [1.54, 1.807) is 6.92 Å². The van der Waals surface area contributed by atoms with E-state index in [4.69, 9.17) is 10.8 Å². The van der Waals surface area contributed by atoms with Gasteiger partial charge in [-0.2, -0.15) is 0 Å². The molecule has 3 N–H and O–H groups in total. The van der Waals surface area contributed by atoms with Gasteiger partial charge in [-0.05, 0) is 6.92 Å². The zero-order valence-corrected chi connectivity index (χ0v) is 4.53. The van der Waals surface area contributed by atoms with E-state index in [0.717, 1.165) is 0 Å². The van der Waals surface area contributed by atoms with Gasteiger partial charge in [0.2, 0.25) is 0 Å². The third kappa shape index (κ3) is 8.88. The summed E-state index contributed by atoms with van der Waals surface area (Å²) in [6, 6.07) is 0. The Morgan fingerprint density at radius 2 is 2.00 bits per heavy atom. The van der Waals surface area contributed by atoms with Gasteiger partial charge in [0.15, 0.2) is 0 Å². The van der Waals surface area contributed by atoms with Crippen LogP contribution in [0.5, 0.6) is 0 Å². The van der Waals surface area contributed by atoms with E-state index in [9.17, 15) is 0 Å². The minimum absolute atomic E-state index is 0. The molecule has 0 heterocycles. The van der Waals surface area contributed by atoms with Crippen LogP contribution in [0.25, 0.3) is 0 Å². The second kappa shape index (κ2) is 5.21. The van der Waals surface area contributed by atoms with E-state index >= 15 is 0 Å². The molecule has 40 valence electrons. The smallest absolute Gasteiger partial charge is 0.0634 e. The second-order valence-corrected chi connectivity index (χ2v) is 1.08. The van der Waals surface area contributed by atoms with Gasteiger partial charge in [0.25, 0.3) is 0 Å². The molecule has 0 aliphatic rings. The first-order valence-electron chi connectivity index (χ1n) is 1.65. The molecule has 2 nitrogen and oxygen atoms in total. The highest BCUT2D eigenvalue weighted by molar-refractivity contribution is 5.85. The first-order valence-corrected chi connectivity index (χ1v) is 1.65. The van der Waals surface area contributed by atoms with Crippen LogP contribution < -0.4 is 5.73 Å². The van der Waals surface area contributed by atoms with Crippen molar-refractivity contribution < 1.29 is 5.11 Å². The summed E-state index contributed by atoms with van der Waals surface area (Å²) in [5.74, 6) is 0. The summed E-state index contributed by atoms with van der Waals surface area (Å²) in [6.45, 7) is 2.01. The van der Waals surface area contributed by atoms with Crippen molar-refractivity contribution in [2.24, 2.45) is 5.73 Å². The lowest BCUT2D eigenvalue weighted by molar-refractivity contribution is 0.203. The lowest BCUT2D eigenvalue weighted by Gasteiger charge is -1.91. The Balaban J connectivity index is 0. The summed E-state index contributed by atoms with van der Waals surface area (Å²) < 4.78 is 0. The Morgan fingerprint density at radius 1 is 1.83 bits per heavy atom. The molecule has 3 heteroatoms. The van der Waals surface area contributed by atoms with Crippen LogP contribution in [0.2, 0.25) is 0 Å². The first-order chi connectivity index (χ1) is 2.27. The monoisotopic (exact) mass is 111 g/mol. The van der Waals surface area contributed by atoms with Crippen LogP contribution in [0.15, 0.2) is 0 Å². The van der Waals surface area contributed by atoms with Crippen LogP contribution in [0.1, 0.15) is 6.92 Å². The number of hydrogen-bond acceptors (Lipinski definition) is 2. The standard InChI is InChI=1S/C3H9NO.ClH/c1-3(5)2-4;/h3,5H,2,4H2,1H3;1H/t3-;/m1./s1. The quantitative estimate of drug-likeness (QED) is 0.490. The summed E-state index contributed by atoms with van der Waals surface area (Å²) >= 11 is 0. The summed E-state index contributed by atoms with van der Waals surface area (Å²) in [4.78, 5) is 0. The van der Waals surface area contributed by atoms with Crippen molar-refractivity contribution in [3.05, 3.63) is 0 Å². The van der Waals surface area contributed by atoms with E-state index < -0.39 is 0 Å². The van der Waals surface area contributed by atoms with Crippen molar-refractivity contribution in [3.8, 4) is 0 Å². The molecule has 0 amide bonds. The average molecular weight is 112 g/mol. The zero-order chi connectivity index (χ0) is 4.28. The van der Waals surface area contributed by atoms with Gasteiger partial charge in [-0.25, -0.2) is 0 Å². The van der Waals surface area contributed by atoms with Crippen molar-refractivity contribution >= 4 is 12.4 Å². The summed E-state index contributed by atoms with van der Waals surface area (Å²) in [7, 11) is 0. The van der Waals surface area contributed by atoms with Crippen molar-refractivity contribution in [3.63, 3.8) is 0 Å². The Bertz CT molecular complexity index is 24.8. The fourth-order valence-corrected chi connectivity index (χ4v) is 0. The molecule has 0 saturated heterocycles. The number of aliphatic hydroxyl groups is 1. The second-order valence-electron chi connectivity index (χ2n) is 1.08. The molecule has 0 radical (unpaired) electrons. The maximum Gasteiger partial charge on any atom is 0.0634 e. The highest BCUT2D eigenvalue weighted by Gasteiger charge is 1.81. The normalized spacial score (nSPS) is 12.5. The first kappa shape index (κ1) is 9.51. The van der Waals surface area contributed by atoms with Crippen molar-refractivity contribution in [2.45, 2.75) is 13.0 Å². The van der Waals surface area contributed by atoms with E-state index in [2.05, 4.69) is 0 Å². The van der Waals surface area contributed by atoms with E-state index in [0.29, 0.717) is 6.54 Å². The molecule has 0 saturated carbocycles. The van der Waals surface area contributed by atoms with Crippen LogP contribution >= 0.6 is 12.4 Å². The molecule has 0 aromatic heterocycles. The molecule has 0 fully saturated rings. The molecule has 1 atom stereocenters. The van der Waals surface area contributed by atoms with Gasteiger partial charge in [0.1, 0.15) is 0 Å². The number of nitrogens with two attached hydrogens (primary N) is 1. The van der Waals surface area contributed by atoms with Crippen molar-refractivity contribution in [1.82, 2.24) is 0 Å². The van der Waals surface area contributed by atoms with Crippen LogP contribution in [-0.2, 0) is 0 Å². The molecule has 0 rings (SSSR count). The van der Waals surface area contributed by atoms with Crippen molar-refractivity contribution in [1.29, 1.82) is 0 Å². The average Bonchev–Trinajstić information content (AvgIpc) is 1.38. The number of rotatable bonds is 1. The minimum atomic E-state index is -0.338. The van der Waals surface area contributed by atoms with Gasteiger partial charge < -0.3 is 10.8 Å². The van der Waals surface area contributed by atoms with Gasteiger partial charge in [-0.1, -0.05) is 0 Å². The predicted octanol–water partition coefficient (Wildman–Crippen LogP) is -0.252. The molecular formula is C3H10ClNO. The number of halogens is 1. The van der Waals surface area contributed by atoms with E-state index in [1.807, 2.05) is 0 Å². The van der Waals surface area contributed by atoms with Gasteiger partial charge >= 0.3 is 0 Å². The maximum absolute atomic E-state index is 8.24. The lowest BCUT2D eigenvalue weighted by Crippen LogP contribution is -2.14. The molecule has 0 bridgehead atoms. The third-order valence-corrected chi connectivity index (χ3v) is 0.341. The number of hydrogen-bond donors (Lipinski definition) is 2. The summed E-state index contributed by atoms with van der Waals surface area (Å²) in [5, 5.41) is 8.24. The minimum Gasteiger partial charge on any atom is -0.392 e. The van der Waals surface area contributed by atoms with E-state index in [-0.39, 0.29) is 18.5 Å². The molecule has 0 spiro atoms. The molecule has 0 aromatic carbocycles. The highest BCUT2D eigenvalue weighted by atomic mass is 35.5. The predicted molar refractivity (Wildman–Crippen MR) is 28.0 cm³/mol. The Morgan fingerprint density at radius 3 is 2.00 bits per heavy atom. The molecular weight excluding hydrogens is 101 g/mol. The fourth-order valence-electron chi connectivity index (χ4n) is 0. The van der Waals surface area contributed by atoms with Crippen LogP contribution in [0.3, 0.4) is 0 Å². The molecule has 0 aromatic rings. The summed E-state index contributed by atoms with van der Waals surface area (Å²) in [6.07, 6.45) is -0.338. The van der Waals surface area contributed by atoms with Gasteiger partial charge in [0.05, 0.1) is 6.10 Å². The van der Waals surface area contributed by atoms with Crippen LogP contribution in [0.4, 0.5) is 0 Å². The lowest BCUT2D eigenvalue weighted by atomic mass is 10.4. The highest BCUT2D eigenvalue weighted by Crippen LogP contribution is 1.65. The summed E-state index contributed by atoms with van der Waals surface area (Å²) in [5.41, 5.74) is 4.92. The van der Waals surface area contributed by atoms with Crippen molar-refractivity contribution in [2.75, 3.05) is 6.54 Å². The molecule has 0 aliphatic heterocycles. The largest absolute Gasteiger partial charge is 0.392 e. The van der Waals surface area contributed by atoms with Gasteiger partial charge in [-0.15, -0.1) is 12.4 Å². The van der Waals surface area contributed by atoms with Crippen LogP contribution in [-0.4, -0.2) is 17.8 Å². The topological polar surface area (TPSA) is 46.2 Å². The van der Waals surface area contributed by atoms with Gasteiger partial charge in [0, 0.05) is 6.54 Å². The van der Waals surface area contributed by atoms with Gasteiger partial charge in [-0.3, -0.25) is 0 Å².